The molecule has 0 fully saturated rings. The molecule has 1 aliphatic heterocycles. The van der Waals surface area contributed by atoms with Gasteiger partial charge in [-0.3, -0.25) is 0 Å². The zero-order valence-corrected chi connectivity index (χ0v) is 13.5. The van der Waals surface area contributed by atoms with Gasteiger partial charge in [0, 0.05) is 31.1 Å². The number of nitrogens with two attached hydrogens (primary N) is 1. The first kappa shape index (κ1) is 14.4. The third-order valence-electron chi connectivity index (χ3n) is 4.33. The van der Waals surface area contributed by atoms with Gasteiger partial charge in [0.2, 0.25) is 0 Å². The lowest BCUT2D eigenvalue weighted by atomic mass is 10.0. The van der Waals surface area contributed by atoms with Gasteiger partial charge in [-0.1, -0.05) is 25.1 Å². The number of hydrogen-bond acceptors (Lipinski definition) is 4. The van der Waals surface area contributed by atoms with Gasteiger partial charge in [0.25, 0.3) is 0 Å². The molecule has 2 unspecified atom stereocenters. The summed E-state index contributed by atoms with van der Waals surface area (Å²) in [6.07, 6.45) is 0.983. The first-order valence-corrected chi connectivity index (χ1v) is 8.46. The van der Waals surface area contributed by atoms with Crippen LogP contribution in [0.4, 0.5) is 11.4 Å². The number of para-hydroxylation sites is 2. The molecule has 2 atom stereocenters. The van der Waals surface area contributed by atoms with Gasteiger partial charge in [0.05, 0.1) is 17.4 Å². The summed E-state index contributed by atoms with van der Waals surface area (Å²) in [4.78, 5) is 6.19. The largest absolute Gasteiger partial charge is 0.371 e. The van der Waals surface area contributed by atoms with Crippen LogP contribution >= 0.6 is 11.3 Å². The minimum Gasteiger partial charge on any atom is -0.371 e. The Kier molecular flexibility index (Phi) is 4.17. The third kappa shape index (κ3) is 2.65. The van der Waals surface area contributed by atoms with Crippen molar-refractivity contribution in [1.82, 2.24) is 0 Å². The van der Waals surface area contributed by atoms with E-state index in [1.54, 1.807) is 0 Å². The molecule has 0 spiro atoms. The topological polar surface area (TPSA) is 32.5 Å². The molecule has 0 radical (unpaired) electrons. The van der Waals surface area contributed by atoms with Gasteiger partial charge in [0.15, 0.2) is 0 Å². The van der Waals surface area contributed by atoms with Gasteiger partial charge >= 0.3 is 0 Å². The van der Waals surface area contributed by atoms with E-state index in [0.29, 0.717) is 0 Å². The molecule has 0 bridgehead atoms. The first-order chi connectivity index (χ1) is 10.2. The Morgan fingerprint density at radius 3 is 2.57 bits per heavy atom. The van der Waals surface area contributed by atoms with Crippen molar-refractivity contribution in [1.29, 1.82) is 0 Å². The molecule has 1 aromatic heterocycles. The number of anilines is 2. The van der Waals surface area contributed by atoms with Gasteiger partial charge in [-0.25, -0.2) is 0 Å². The lowest BCUT2D eigenvalue weighted by molar-refractivity contribution is 0.490. The first-order valence-electron chi connectivity index (χ1n) is 7.58. The minimum absolute atomic E-state index is 0.153. The Bertz CT molecular complexity index is 581. The Morgan fingerprint density at radius 1 is 1.14 bits per heavy atom. The number of benzene rings is 1. The highest BCUT2D eigenvalue weighted by Crippen LogP contribution is 2.39. The Labute approximate surface area is 131 Å². The van der Waals surface area contributed by atoms with Crippen LogP contribution in [0, 0.1) is 0 Å². The van der Waals surface area contributed by atoms with Crippen LogP contribution in [0.2, 0.25) is 0 Å². The fourth-order valence-electron chi connectivity index (χ4n) is 3.10. The number of fused-ring (bicyclic) bond motifs is 1. The van der Waals surface area contributed by atoms with E-state index in [1.165, 1.54) is 16.3 Å². The van der Waals surface area contributed by atoms with Gasteiger partial charge in [-0.2, -0.15) is 0 Å². The second-order valence-electron chi connectivity index (χ2n) is 5.64. The normalized spacial score (nSPS) is 17.5. The molecule has 3 rings (SSSR count). The van der Waals surface area contributed by atoms with E-state index < -0.39 is 0 Å². The molecule has 1 aromatic carbocycles. The summed E-state index contributed by atoms with van der Waals surface area (Å²) in [5, 5.41) is 2.15. The maximum absolute atomic E-state index is 6.48. The number of likely N-dealkylation sites (N-methyl/N-ethyl adjacent to an activating group) is 1. The maximum Gasteiger partial charge on any atom is 0.0787 e. The van der Waals surface area contributed by atoms with Crippen molar-refractivity contribution < 1.29 is 0 Å². The molecular weight excluding hydrogens is 278 g/mol. The number of nitrogens with zero attached hydrogens (tertiary/aromatic N) is 2. The predicted molar refractivity (Wildman–Crippen MR) is 92.4 cm³/mol. The second-order valence-corrected chi connectivity index (χ2v) is 6.62. The number of rotatable bonds is 4. The quantitative estimate of drug-likeness (QED) is 0.938. The van der Waals surface area contributed by atoms with Crippen LogP contribution in [-0.4, -0.2) is 26.2 Å². The SMILES string of the molecule is CCC(N)C(c1cccs1)N1CCN(C)c2ccccc21. The average Bonchev–Trinajstić information content (AvgIpc) is 3.04. The molecule has 2 heterocycles. The lowest BCUT2D eigenvalue weighted by Crippen LogP contribution is -2.46. The van der Waals surface area contributed by atoms with Crippen molar-refractivity contribution >= 4 is 22.7 Å². The van der Waals surface area contributed by atoms with Gasteiger partial charge in [0.1, 0.15) is 0 Å². The van der Waals surface area contributed by atoms with E-state index in [1.807, 2.05) is 11.3 Å². The summed E-state index contributed by atoms with van der Waals surface area (Å²) in [5.74, 6) is 0. The van der Waals surface area contributed by atoms with E-state index in [9.17, 15) is 0 Å². The van der Waals surface area contributed by atoms with Crippen LogP contribution in [-0.2, 0) is 0 Å². The smallest absolute Gasteiger partial charge is 0.0787 e. The summed E-state index contributed by atoms with van der Waals surface area (Å²) < 4.78 is 0. The fraction of sp³-hybridized carbons (Fsp3) is 0.412. The maximum atomic E-state index is 6.48. The minimum atomic E-state index is 0.153. The summed E-state index contributed by atoms with van der Waals surface area (Å²) in [7, 11) is 2.16. The van der Waals surface area contributed by atoms with E-state index >= 15 is 0 Å². The zero-order valence-electron chi connectivity index (χ0n) is 12.7. The summed E-state index contributed by atoms with van der Waals surface area (Å²) in [6, 6.07) is 13.4. The molecule has 0 amide bonds. The zero-order chi connectivity index (χ0) is 14.8. The highest BCUT2D eigenvalue weighted by atomic mass is 32.1. The van der Waals surface area contributed by atoms with Crippen LogP contribution in [0.15, 0.2) is 41.8 Å². The van der Waals surface area contributed by atoms with Crippen LogP contribution < -0.4 is 15.5 Å². The van der Waals surface area contributed by atoms with Crippen LogP contribution in [0.5, 0.6) is 0 Å². The molecule has 0 saturated carbocycles. The van der Waals surface area contributed by atoms with E-state index in [4.69, 9.17) is 5.73 Å². The third-order valence-corrected chi connectivity index (χ3v) is 5.27. The molecule has 4 heteroatoms. The van der Waals surface area contributed by atoms with Crippen molar-refractivity contribution in [2.24, 2.45) is 5.73 Å². The van der Waals surface area contributed by atoms with Crippen LogP contribution in [0.25, 0.3) is 0 Å². The molecule has 3 nitrogen and oxygen atoms in total. The van der Waals surface area contributed by atoms with Gasteiger partial charge in [-0.15, -0.1) is 11.3 Å². The van der Waals surface area contributed by atoms with E-state index in [2.05, 4.69) is 65.5 Å². The van der Waals surface area contributed by atoms with Crippen molar-refractivity contribution in [3.63, 3.8) is 0 Å². The second kappa shape index (κ2) is 6.08. The molecule has 0 aliphatic carbocycles. The molecule has 21 heavy (non-hydrogen) atoms. The van der Waals surface area contributed by atoms with E-state index in [-0.39, 0.29) is 12.1 Å². The number of hydrogen-bond donors (Lipinski definition) is 1. The molecule has 2 aromatic rings. The average molecular weight is 301 g/mol. The molecule has 2 N–H and O–H groups in total. The molecular formula is C17H23N3S. The molecule has 1 aliphatic rings. The van der Waals surface area contributed by atoms with Crippen molar-refractivity contribution in [3.05, 3.63) is 46.7 Å². The summed E-state index contributed by atoms with van der Waals surface area (Å²) >= 11 is 1.81. The number of thiophene rings is 1. The Morgan fingerprint density at radius 2 is 1.90 bits per heavy atom. The lowest BCUT2D eigenvalue weighted by Gasteiger charge is -2.43. The van der Waals surface area contributed by atoms with Crippen molar-refractivity contribution in [3.8, 4) is 0 Å². The fourth-order valence-corrected chi connectivity index (χ4v) is 4.01. The van der Waals surface area contributed by atoms with Gasteiger partial charge < -0.3 is 15.5 Å². The summed E-state index contributed by atoms with van der Waals surface area (Å²) in [5.41, 5.74) is 9.08. The summed E-state index contributed by atoms with van der Waals surface area (Å²) in [6.45, 7) is 4.23. The van der Waals surface area contributed by atoms with Crippen molar-refractivity contribution in [2.75, 3.05) is 29.9 Å². The Hall–Kier alpha value is -1.52. The highest BCUT2D eigenvalue weighted by Gasteiger charge is 2.31. The predicted octanol–water partition coefficient (Wildman–Crippen LogP) is 3.48. The van der Waals surface area contributed by atoms with Crippen LogP contribution in [0.1, 0.15) is 24.3 Å². The van der Waals surface area contributed by atoms with Crippen LogP contribution in [0.3, 0.4) is 0 Å². The van der Waals surface area contributed by atoms with E-state index in [0.717, 1.165) is 19.5 Å². The van der Waals surface area contributed by atoms with Crippen molar-refractivity contribution in [2.45, 2.75) is 25.4 Å². The highest BCUT2D eigenvalue weighted by molar-refractivity contribution is 7.10. The Balaban J connectivity index is 2.03. The molecule has 112 valence electrons. The molecule has 0 saturated heterocycles. The standard InChI is InChI=1S/C17H23N3S/c1-3-13(18)17(16-9-6-12-21-16)20-11-10-19(2)14-7-4-5-8-15(14)20/h4-9,12-13,17H,3,10-11,18H2,1-2H3. The van der Waals surface area contributed by atoms with Gasteiger partial charge in [-0.05, 0) is 30.0 Å². The monoisotopic (exact) mass is 301 g/mol.